The Balaban J connectivity index is 2.77. The molecule has 20 heavy (non-hydrogen) atoms. The Bertz CT molecular complexity index is 476. The molecule has 3 amide bonds. The number of primary amides is 1. The molecule has 1 rings (SSSR count). The lowest BCUT2D eigenvalue weighted by molar-refractivity contribution is -0.124. The standard InChI is InChI=1S/C14H22N4O2/c1-3-7-18(10(2)13(19)17-14(16)20)9-11-5-4-6-12(15)8-11/h4-6,8,10H,3,7,9,15H2,1-2H3,(H3,16,17,19,20). The van der Waals surface area contributed by atoms with Gasteiger partial charge in [-0.2, -0.15) is 0 Å². The smallest absolute Gasteiger partial charge is 0.318 e. The summed E-state index contributed by atoms with van der Waals surface area (Å²) in [6, 6.07) is 6.25. The molecule has 1 aromatic rings. The summed E-state index contributed by atoms with van der Waals surface area (Å²) in [6.07, 6.45) is 0.899. The molecule has 0 aromatic heterocycles. The van der Waals surface area contributed by atoms with Gasteiger partial charge in [-0.3, -0.25) is 15.0 Å². The van der Waals surface area contributed by atoms with Crippen LogP contribution in [0, 0.1) is 0 Å². The molecule has 0 aliphatic heterocycles. The fourth-order valence-electron chi connectivity index (χ4n) is 2.01. The van der Waals surface area contributed by atoms with Gasteiger partial charge in [-0.05, 0) is 37.6 Å². The van der Waals surface area contributed by atoms with Gasteiger partial charge in [0.2, 0.25) is 5.91 Å². The summed E-state index contributed by atoms with van der Waals surface area (Å²) in [5, 5.41) is 2.11. The van der Waals surface area contributed by atoms with E-state index in [1.807, 2.05) is 36.1 Å². The van der Waals surface area contributed by atoms with E-state index in [2.05, 4.69) is 5.32 Å². The zero-order chi connectivity index (χ0) is 15.1. The third-order valence-electron chi connectivity index (χ3n) is 3.02. The summed E-state index contributed by atoms with van der Waals surface area (Å²) < 4.78 is 0. The Morgan fingerprint density at radius 1 is 1.40 bits per heavy atom. The molecule has 0 bridgehead atoms. The van der Waals surface area contributed by atoms with Crippen LogP contribution in [0.15, 0.2) is 24.3 Å². The van der Waals surface area contributed by atoms with Crippen LogP contribution in [0.1, 0.15) is 25.8 Å². The number of hydrogen-bond donors (Lipinski definition) is 3. The molecule has 0 heterocycles. The highest BCUT2D eigenvalue weighted by Gasteiger charge is 2.21. The van der Waals surface area contributed by atoms with E-state index in [0.29, 0.717) is 12.2 Å². The monoisotopic (exact) mass is 278 g/mol. The second-order valence-electron chi connectivity index (χ2n) is 4.74. The molecule has 1 atom stereocenters. The van der Waals surface area contributed by atoms with E-state index in [-0.39, 0.29) is 0 Å². The van der Waals surface area contributed by atoms with Crippen LogP contribution in [0.3, 0.4) is 0 Å². The maximum absolute atomic E-state index is 11.8. The molecule has 0 fully saturated rings. The third-order valence-corrected chi connectivity index (χ3v) is 3.02. The molecule has 0 saturated carbocycles. The summed E-state index contributed by atoms with van der Waals surface area (Å²) in [6.45, 7) is 5.11. The third kappa shape index (κ3) is 4.89. The number of rotatable bonds is 6. The Morgan fingerprint density at radius 2 is 2.10 bits per heavy atom. The van der Waals surface area contributed by atoms with Crippen LogP contribution in [0.5, 0.6) is 0 Å². The molecule has 0 aliphatic rings. The number of hydrogen-bond acceptors (Lipinski definition) is 4. The van der Waals surface area contributed by atoms with Crippen molar-refractivity contribution in [2.75, 3.05) is 12.3 Å². The Morgan fingerprint density at radius 3 is 2.65 bits per heavy atom. The molecule has 0 aliphatic carbocycles. The molecule has 1 unspecified atom stereocenters. The Labute approximate surface area is 119 Å². The second-order valence-corrected chi connectivity index (χ2v) is 4.74. The molecule has 110 valence electrons. The number of imide groups is 1. The number of carbonyl (C=O) groups excluding carboxylic acids is 2. The Kier molecular flexibility index (Phi) is 5.99. The lowest BCUT2D eigenvalue weighted by atomic mass is 10.1. The topological polar surface area (TPSA) is 101 Å². The van der Waals surface area contributed by atoms with E-state index in [1.165, 1.54) is 0 Å². The second kappa shape index (κ2) is 7.49. The number of urea groups is 1. The SMILES string of the molecule is CCCN(Cc1cccc(N)c1)C(C)C(=O)NC(N)=O. The van der Waals surface area contributed by atoms with Crippen molar-refractivity contribution in [2.24, 2.45) is 5.73 Å². The van der Waals surface area contributed by atoms with E-state index in [1.54, 1.807) is 6.92 Å². The molecule has 5 N–H and O–H groups in total. The first-order valence-corrected chi connectivity index (χ1v) is 6.62. The summed E-state index contributed by atoms with van der Waals surface area (Å²) in [7, 11) is 0. The van der Waals surface area contributed by atoms with Gasteiger partial charge in [0.15, 0.2) is 0 Å². The summed E-state index contributed by atoms with van der Waals surface area (Å²) in [5.74, 6) is -0.394. The predicted molar refractivity (Wildman–Crippen MR) is 78.7 cm³/mol. The molecule has 6 heteroatoms. The maximum atomic E-state index is 11.8. The minimum absolute atomic E-state index is 0.394. The summed E-state index contributed by atoms with van der Waals surface area (Å²) in [4.78, 5) is 24.6. The molecule has 0 saturated heterocycles. The molecular formula is C14H22N4O2. The number of carbonyl (C=O) groups is 2. The largest absolute Gasteiger partial charge is 0.399 e. The number of nitrogens with zero attached hydrogens (tertiary/aromatic N) is 1. The van der Waals surface area contributed by atoms with E-state index < -0.39 is 18.0 Å². The normalized spacial score (nSPS) is 12.2. The zero-order valence-electron chi connectivity index (χ0n) is 11.9. The van der Waals surface area contributed by atoms with Crippen molar-refractivity contribution in [3.05, 3.63) is 29.8 Å². The fraction of sp³-hybridized carbons (Fsp3) is 0.429. The number of anilines is 1. The predicted octanol–water partition coefficient (Wildman–Crippen LogP) is 1.06. The molecular weight excluding hydrogens is 256 g/mol. The number of amides is 3. The van der Waals surface area contributed by atoms with E-state index >= 15 is 0 Å². The van der Waals surface area contributed by atoms with Crippen LogP contribution in [0.25, 0.3) is 0 Å². The van der Waals surface area contributed by atoms with Crippen molar-refractivity contribution in [3.8, 4) is 0 Å². The molecule has 6 nitrogen and oxygen atoms in total. The average Bonchev–Trinajstić information content (AvgIpc) is 2.36. The van der Waals surface area contributed by atoms with Crippen LogP contribution in [-0.4, -0.2) is 29.4 Å². The van der Waals surface area contributed by atoms with E-state index in [4.69, 9.17) is 11.5 Å². The van der Waals surface area contributed by atoms with Gasteiger partial charge in [-0.25, -0.2) is 4.79 Å². The van der Waals surface area contributed by atoms with Crippen LogP contribution in [0.4, 0.5) is 10.5 Å². The summed E-state index contributed by atoms with van der Waals surface area (Å²) >= 11 is 0. The van der Waals surface area contributed by atoms with Crippen LogP contribution >= 0.6 is 0 Å². The van der Waals surface area contributed by atoms with Gasteiger partial charge < -0.3 is 11.5 Å². The van der Waals surface area contributed by atoms with Gasteiger partial charge >= 0.3 is 6.03 Å². The van der Waals surface area contributed by atoms with Crippen molar-refractivity contribution >= 4 is 17.6 Å². The highest BCUT2D eigenvalue weighted by molar-refractivity contribution is 5.96. The number of nitrogen functional groups attached to an aromatic ring is 1. The van der Waals surface area contributed by atoms with Crippen LogP contribution < -0.4 is 16.8 Å². The summed E-state index contributed by atoms with van der Waals surface area (Å²) in [5.41, 5.74) is 12.4. The van der Waals surface area contributed by atoms with Gasteiger partial charge in [0.25, 0.3) is 0 Å². The van der Waals surface area contributed by atoms with Gasteiger partial charge in [0, 0.05) is 12.2 Å². The highest BCUT2D eigenvalue weighted by atomic mass is 16.2. The minimum Gasteiger partial charge on any atom is -0.399 e. The molecule has 1 aromatic carbocycles. The highest BCUT2D eigenvalue weighted by Crippen LogP contribution is 2.12. The van der Waals surface area contributed by atoms with Crippen molar-refractivity contribution in [1.82, 2.24) is 10.2 Å². The van der Waals surface area contributed by atoms with Gasteiger partial charge in [0.05, 0.1) is 6.04 Å². The quantitative estimate of drug-likeness (QED) is 0.677. The number of benzene rings is 1. The van der Waals surface area contributed by atoms with Crippen molar-refractivity contribution < 1.29 is 9.59 Å². The lowest BCUT2D eigenvalue weighted by Gasteiger charge is -2.27. The average molecular weight is 278 g/mol. The molecule has 0 radical (unpaired) electrons. The van der Waals surface area contributed by atoms with Crippen LogP contribution in [-0.2, 0) is 11.3 Å². The first-order valence-electron chi connectivity index (χ1n) is 6.62. The Hall–Kier alpha value is -2.08. The van der Waals surface area contributed by atoms with Crippen molar-refractivity contribution in [1.29, 1.82) is 0 Å². The van der Waals surface area contributed by atoms with Gasteiger partial charge in [-0.1, -0.05) is 19.1 Å². The van der Waals surface area contributed by atoms with E-state index in [0.717, 1.165) is 18.5 Å². The minimum atomic E-state index is -0.831. The lowest BCUT2D eigenvalue weighted by Crippen LogP contribution is -2.48. The first kappa shape index (κ1) is 16.0. The van der Waals surface area contributed by atoms with E-state index in [9.17, 15) is 9.59 Å². The van der Waals surface area contributed by atoms with Crippen LogP contribution in [0.2, 0.25) is 0 Å². The number of nitrogens with one attached hydrogen (secondary N) is 1. The number of nitrogens with two attached hydrogens (primary N) is 2. The molecule has 0 spiro atoms. The maximum Gasteiger partial charge on any atom is 0.318 e. The van der Waals surface area contributed by atoms with Crippen molar-refractivity contribution in [3.63, 3.8) is 0 Å². The van der Waals surface area contributed by atoms with Gasteiger partial charge in [-0.15, -0.1) is 0 Å². The van der Waals surface area contributed by atoms with Gasteiger partial charge in [0.1, 0.15) is 0 Å². The fourth-order valence-corrected chi connectivity index (χ4v) is 2.01. The zero-order valence-corrected chi connectivity index (χ0v) is 11.9. The first-order chi connectivity index (χ1) is 9.43. The van der Waals surface area contributed by atoms with Crippen molar-refractivity contribution in [2.45, 2.75) is 32.9 Å².